The lowest BCUT2D eigenvalue weighted by molar-refractivity contribution is 0.567. The zero-order valence-corrected chi connectivity index (χ0v) is 34.0. The summed E-state index contributed by atoms with van der Waals surface area (Å²) in [5, 5.41) is 4.43. The third-order valence-electron chi connectivity index (χ3n) is 11.5. The molecule has 0 saturated carbocycles. The maximum Gasteiger partial charge on any atom is 0.225 e. The molecule has 2 aliphatic rings. The number of halogens is 2. The minimum Gasteiger partial charge on any atom is -0.357 e. The van der Waals surface area contributed by atoms with Gasteiger partial charge in [-0.15, -0.1) is 0 Å². The van der Waals surface area contributed by atoms with Crippen LogP contribution in [0.15, 0.2) is 110 Å². The molecule has 0 N–H and O–H groups in total. The smallest absolute Gasteiger partial charge is 0.225 e. The molecule has 11 nitrogen and oxygen atoms in total. The molecule has 0 aliphatic carbocycles. The number of rotatable bonds is 10. The number of piperidine rings is 1. The molecule has 7 heterocycles. The van der Waals surface area contributed by atoms with Crippen molar-refractivity contribution >= 4 is 23.2 Å². The molecule has 5 aromatic heterocycles. The van der Waals surface area contributed by atoms with Crippen molar-refractivity contribution in [2.75, 3.05) is 54.0 Å². The molecule has 2 aromatic carbocycles. The van der Waals surface area contributed by atoms with Gasteiger partial charge in [-0.3, -0.25) is 0 Å². The fraction of sp³-hybridized carbons (Fsp3) is 0.348. The normalized spacial score (nSPS) is 15.5. The highest BCUT2D eigenvalue weighted by atomic mass is 19.1. The van der Waals surface area contributed by atoms with Crippen molar-refractivity contribution in [3.05, 3.63) is 144 Å². The number of aromatic nitrogens is 8. The van der Waals surface area contributed by atoms with Crippen LogP contribution in [0.1, 0.15) is 80.0 Å². The van der Waals surface area contributed by atoms with Crippen molar-refractivity contribution in [1.82, 2.24) is 39.1 Å². The van der Waals surface area contributed by atoms with Gasteiger partial charge in [-0.1, -0.05) is 38.1 Å². The molecule has 0 bridgehead atoms. The Labute approximate surface area is 344 Å². The van der Waals surface area contributed by atoms with Crippen LogP contribution in [0.5, 0.6) is 0 Å². The molecule has 2 atom stereocenters. The van der Waals surface area contributed by atoms with E-state index in [1.165, 1.54) is 43.5 Å². The van der Waals surface area contributed by atoms with Crippen molar-refractivity contribution < 1.29 is 8.78 Å². The summed E-state index contributed by atoms with van der Waals surface area (Å²) in [6.45, 7) is 9.59. The van der Waals surface area contributed by atoms with Gasteiger partial charge in [0.2, 0.25) is 11.9 Å². The lowest BCUT2D eigenvalue weighted by atomic mass is 9.91. The van der Waals surface area contributed by atoms with Crippen LogP contribution in [0.3, 0.4) is 0 Å². The molecule has 0 radical (unpaired) electrons. The van der Waals surface area contributed by atoms with E-state index in [1.807, 2.05) is 71.4 Å². The summed E-state index contributed by atoms with van der Waals surface area (Å²) in [6, 6.07) is 17.7. The average molecular weight is 796 g/mol. The number of nitrogens with zero attached hydrogens (tertiary/aromatic N) is 11. The van der Waals surface area contributed by atoms with Crippen LogP contribution in [0.2, 0.25) is 0 Å². The van der Waals surface area contributed by atoms with E-state index in [-0.39, 0.29) is 23.5 Å². The Balaban J connectivity index is 0.000000188. The van der Waals surface area contributed by atoms with Gasteiger partial charge in [0.05, 0.1) is 0 Å². The van der Waals surface area contributed by atoms with Gasteiger partial charge in [0, 0.05) is 113 Å². The summed E-state index contributed by atoms with van der Waals surface area (Å²) in [4.78, 5) is 29.9. The first kappa shape index (κ1) is 39.6. The number of piperazine rings is 1. The van der Waals surface area contributed by atoms with Crippen LogP contribution in [-0.2, 0) is 7.05 Å². The largest absolute Gasteiger partial charge is 0.357 e. The topological polar surface area (TPSA) is 96.4 Å². The summed E-state index contributed by atoms with van der Waals surface area (Å²) < 4.78 is 30.4. The third kappa shape index (κ3) is 9.09. The van der Waals surface area contributed by atoms with Gasteiger partial charge in [-0.05, 0) is 90.8 Å². The zero-order valence-electron chi connectivity index (χ0n) is 34.0. The molecule has 2 aliphatic heterocycles. The van der Waals surface area contributed by atoms with E-state index in [2.05, 4.69) is 73.1 Å². The number of hydrogen-bond donors (Lipinski definition) is 0. The predicted octanol–water partition coefficient (Wildman–Crippen LogP) is 8.68. The van der Waals surface area contributed by atoms with E-state index in [0.29, 0.717) is 0 Å². The maximum absolute atomic E-state index is 13.4. The SMILES string of the molecule is CC[C@@H](c1ccc(F)cc1)c1cnc(N2CCCCC2)nc1.CC[C@@H](c1ccc(F)cc1)c1cnc(N2CCN(c3ncnn4cc(-c5ccn(C)c5)cc34)CC2)nc1. The Morgan fingerprint density at radius 3 is 1.56 bits per heavy atom. The Bertz CT molecular complexity index is 2400. The second-order valence-electron chi connectivity index (χ2n) is 15.4. The molecule has 2 fully saturated rings. The Morgan fingerprint density at radius 1 is 0.559 bits per heavy atom. The van der Waals surface area contributed by atoms with Gasteiger partial charge < -0.3 is 19.3 Å². The molecule has 2 saturated heterocycles. The summed E-state index contributed by atoms with van der Waals surface area (Å²) >= 11 is 0. The molecule has 304 valence electrons. The number of benzene rings is 2. The predicted molar refractivity (Wildman–Crippen MR) is 229 cm³/mol. The number of anilines is 3. The fourth-order valence-corrected chi connectivity index (χ4v) is 8.27. The number of aryl methyl sites for hydroxylation is 1. The molecule has 9 rings (SSSR count). The highest BCUT2D eigenvalue weighted by Gasteiger charge is 2.23. The Kier molecular flexibility index (Phi) is 12.2. The standard InChI is InChI=1S/C28H29FN8.C18H22FN3/c1-3-25(20-4-6-24(29)7-5-20)23-15-30-28(31-16-23)36-12-10-35(11-13-36)27-26-14-22(18-37(26)33-19-32-27)21-8-9-34(2)17-21;1-2-17(14-6-8-16(19)9-7-14)15-12-20-18(21-13-15)22-10-4-3-5-11-22/h4-9,14-19,25H,3,10-13H2,1-2H3;6-9,12-13,17H,2-5,10-11H2,1H3/t25-;17-/m00/s1. The Morgan fingerprint density at radius 2 is 1.07 bits per heavy atom. The highest BCUT2D eigenvalue weighted by molar-refractivity contribution is 5.77. The summed E-state index contributed by atoms with van der Waals surface area (Å²) in [6.07, 6.45) is 21.1. The van der Waals surface area contributed by atoms with Gasteiger partial charge in [-0.25, -0.2) is 38.2 Å². The van der Waals surface area contributed by atoms with E-state index in [4.69, 9.17) is 9.97 Å². The lowest BCUT2D eigenvalue weighted by Crippen LogP contribution is -2.47. The maximum atomic E-state index is 13.4. The quantitative estimate of drug-likeness (QED) is 0.135. The van der Waals surface area contributed by atoms with E-state index in [1.54, 1.807) is 6.33 Å². The molecule has 7 aromatic rings. The Hall–Kier alpha value is -6.24. The van der Waals surface area contributed by atoms with Crippen LogP contribution in [0.25, 0.3) is 16.6 Å². The first-order chi connectivity index (χ1) is 28.9. The monoisotopic (exact) mass is 795 g/mol. The summed E-state index contributed by atoms with van der Waals surface area (Å²) in [7, 11) is 2.02. The second-order valence-corrected chi connectivity index (χ2v) is 15.4. The van der Waals surface area contributed by atoms with Crippen LogP contribution < -0.4 is 14.7 Å². The molecular formula is C46H51F2N11. The average Bonchev–Trinajstić information content (AvgIpc) is 3.93. The first-order valence-corrected chi connectivity index (χ1v) is 20.7. The van der Waals surface area contributed by atoms with E-state index in [0.717, 1.165) is 109 Å². The zero-order chi connectivity index (χ0) is 40.7. The molecule has 13 heteroatoms. The summed E-state index contributed by atoms with van der Waals surface area (Å²) in [5.41, 5.74) is 7.61. The van der Waals surface area contributed by atoms with Crippen molar-refractivity contribution in [2.45, 2.75) is 57.8 Å². The minimum atomic E-state index is -0.222. The van der Waals surface area contributed by atoms with E-state index < -0.39 is 0 Å². The first-order valence-electron chi connectivity index (χ1n) is 20.7. The van der Waals surface area contributed by atoms with Gasteiger partial charge in [0.15, 0.2) is 5.82 Å². The van der Waals surface area contributed by atoms with Crippen LogP contribution in [0.4, 0.5) is 26.5 Å². The van der Waals surface area contributed by atoms with Gasteiger partial charge in [-0.2, -0.15) is 5.10 Å². The van der Waals surface area contributed by atoms with Crippen LogP contribution in [-0.4, -0.2) is 78.4 Å². The molecular weight excluding hydrogens is 745 g/mol. The van der Waals surface area contributed by atoms with Gasteiger partial charge in [0.1, 0.15) is 23.5 Å². The molecule has 0 spiro atoms. The van der Waals surface area contributed by atoms with Crippen molar-refractivity contribution in [3.8, 4) is 11.1 Å². The highest BCUT2D eigenvalue weighted by Crippen LogP contribution is 2.31. The van der Waals surface area contributed by atoms with Gasteiger partial charge in [0.25, 0.3) is 0 Å². The number of fused-ring (bicyclic) bond motifs is 1. The van der Waals surface area contributed by atoms with Crippen molar-refractivity contribution in [1.29, 1.82) is 0 Å². The number of hydrogen-bond acceptors (Lipinski definition) is 9. The summed E-state index contributed by atoms with van der Waals surface area (Å²) in [5.74, 6) is 2.45. The van der Waals surface area contributed by atoms with Crippen molar-refractivity contribution in [2.24, 2.45) is 7.05 Å². The van der Waals surface area contributed by atoms with Crippen molar-refractivity contribution in [3.63, 3.8) is 0 Å². The second kappa shape index (κ2) is 18.1. The molecule has 59 heavy (non-hydrogen) atoms. The van der Waals surface area contributed by atoms with Crippen LogP contribution in [0, 0.1) is 11.6 Å². The fourth-order valence-electron chi connectivity index (χ4n) is 8.27. The lowest BCUT2D eigenvalue weighted by Gasteiger charge is -2.35. The van der Waals surface area contributed by atoms with E-state index >= 15 is 0 Å². The molecule has 0 amide bonds. The third-order valence-corrected chi connectivity index (χ3v) is 11.5. The molecule has 0 unspecified atom stereocenters. The van der Waals surface area contributed by atoms with E-state index in [9.17, 15) is 8.78 Å². The van der Waals surface area contributed by atoms with Crippen LogP contribution >= 0.6 is 0 Å². The van der Waals surface area contributed by atoms with Gasteiger partial charge >= 0.3 is 0 Å². The minimum absolute atomic E-state index is 0.148.